The van der Waals surface area contributed by atoms with Gasteiger partial charge in [0.1, 0.15) is 5.75 Å². The van der Waals surface area contributed by atoms with Crippen molar-refractivity contribution in [2.24, 2.45) is 11.8 Å². The van der Waals surface area contributed by atoms with Crippen LogP contribution in [0.3, 0.4) is 0 Å². The van der Waals surface area contributed by atoms with E-state index in [9.17, 15) is 0 Å². The molecule has 2 saturated carbocycles. The molecule has 2 aliphatic carbocycles. The Morgan fingerprint density at radius 2 is 1.88 bits per heavy atom. The number of fused-ring (bicyclic) bond motifs is 1. The molecule has 132 valence electrons. The molecule has 0 spiro atoms. The Balaban J connectivity index is 1.40. The van der Waals surface area contributed by atoms with Gasteiger partial charge in [-0.3, -0.25) is 0 Å². The summed E-state index contributed by atoms with van der Waals surface area (Å²) in [6, 6.07) is 14.4. The zero-order valence-corrected chi connectivity index (χ0v) is 14.9. The number of benzene rings is 1. The molecule has 0 saturated heterocycles. The van der Waals surface area contributed by atoms with Gasteiger partial charge in [0.2, 0.25) is 0 Å². The molecule has 0 bridgehead atoms. The average Bonchev–Trinajstić information content (AvgIpc) is 3.57. The van der Waals surface area contributed by atoms with Crippen LogP contribution in [0.25, 0.3) is 16.9 Å². The minimum Gasteiger partial charge on any atom is -0.493 e. The van der Waals surface area contributed by atoms with E-state index in [1.165, 1.54) is 31.3 Å². The molecule has 2 fully saturated rings. The van der Waals surface area contributed by atoms with E-state index >= 15 is 0 Å². The molecule has 0 atom stereocenters. The third-order valence-corrected chi connectivity index (χ3v) is 5.28. The summed E-state index contributed by atoms with van der Waals surface area (Å²) in [5.41, 5.74) is 4.31. The quantitative estimate of drug-likeness (QED) is 0.583. The minimum absolute atomic E-state index is 0.685. The topological polar surface area (TPSA) is 39.4 Å². The number of allylic oxidation sites excluding steroid dienone is 1. The first-order chi connectivity index (χ1) is 12.8. The van der Waals surface area contributed by atoms with Gasteiger partial charge in [-0.2, -0.15) is 5.10 Å². The van der Waals surface area contributed by atoms with Crippen LogP contribution in [0.15, 0.2) is 54.6 Å². The van der Waals surface area contributed by atoms with E-state index in [0.717, 1.165) is 47.4 Å². The fraction of sp³-hybridized carbons (Fsp3) is 0.364. The first-order valence-electron chi connectivity index (χ1n) is 9.52. The van der Waals surface area contributed by atoms with E-state index in [1.54, 1.807) is 0 Å². The van der Waals surface area contributed by atoms with E-state index in [-0.39, 0.29) is 0 Å². The number of hydrogen-bond donors (Lipinski definition) is 0. The SMILES string of the molecule is C=C(Cc1nc2cccc(-c3ccc(OCC4CC4)cc3)n2n1)C1CC1. The lowest BCUT2D eigenvalue weighted by atomic mass is 10.1. The van der Waals surface area contributed by atoms with Crippen molar-refractivity contribution >= 4 is 5.65 Å². The summed E-state index contributed by atoms with van der Waals surface area (Å²) in [6.45, 7) is 5.04. The molecule has 2 heterocycles. The lowest BCUT2D eigenvalue weighted by molar-refractivity contribution is 0.300. The van der Waals surface area contributed by atoms with Crippen LogP contribution in [0.4, 0.5) is 0 Å². The molecule has 0 N–H and O–H groups in total. The summed E-state index contributed by atoms with van der Waals surface area (Å²) < 4.78 is 7.78. The van der Waals surface area contributed by atoms with Gasteiger partial charge in [-0.05, 0) is 73.9 Å². The smallest absolute Gasteiger partial charge is 0.156 e. The third-order valence-electron chi connectivity index (χ3n) is 5.28. The third kappa shape index (κ3) is 3.24. The average molecular weight is 345 g/mol. The summed E-state index contributed by atoms with van der Waals surface area (Å²) in [5, 5.41) is 4.74. The number of rotatable bonds is 7. The number of nitrogens with zero attached hydrogens (tertiary/aromatic N) is 3. The maximum atomic E-state index is 5.84. The molecule has 4 nitrogen and oxygen atoms in total. The van der Waals surface area contributed by atoms with Gasteiger partial charge < -0.3 is 4.74 Å². The van der Waals surface area contributed by atoms with Crippen LogP contribution < -0.4 is 4.74 Å². The Kier molecular flexibility index (Phi) is 3.77. The Morgan fingerprint density at radius 3 is 2.62 bits per heavy atom. The van der Waals surface area contributed by atoms with Gasteiger partial charge in [0, 0.05) is 12.0 Å². The van der Waals surface area contributed by atoms with E-state index in [1.807, 2.05) is 28.8 Å². The van der Waals surface area contributed by atoms with E-state index in [2.05, 4.69) is 29.8 Å². The van der Waals surface area contributed by atoms with Gasteiger partial charge in [-0.1, -0.05) is 18.2 Å². The van der Waals surface area contributed by atoms with Crippen molar-refractivity contribution in [1.29, 1.82) is 0 Å². The Labute approximate surface area is 153 Å². The molecule has 5 rings (SSSR count). The van der Waals surface area contributed by atoms with Crippen molar-refractivity contribution in [3.8, 4) is 17.0 Å². The zero-order chi connectivity index (χ0) is 17.5. The summed E-state index contributed by atoms with van der Waals surface area (Å²) in [4.78, 5) is 4.69. The van der Waals surface area contributed by atoms with Crippen LogP contribution in [0.5, 0.6) is 5.75 Å². The van der Waals surface area contributed by atoms with Crippen LogP contribution >= 0.6 is 0 Å². The maximum absolute atomic E-state index is 5.84. The van der Waals surface area contributed by atoms with Crippen LogP contribution in [-0.4, -0.2) is 21.2 Å². The molecule has 0 unspecified atom stereocenters. The van der Waals surface area contributed by atoms with E-state index in [0.29, 0.717) is 5.92 Å². The fourth-order valence-electron chi connectivity index (χ4n) is 3.30. The molecule has 2 aromatic heterocycles. The summed E-state index contributed by atoms with van der Waals surface area (Å²) in [5.74, 6) is 3.25. The van der Waals surface area contributed by atoms with Crippen molar-refractivity contribution in [3.63, 3.8) is 0 Å². The van der Waals surface area contributed by atoms with Gasteiger partial charge in [0.05, 0.1) is 12.3 Å². The van der Waals surface area contributed by atoms with Gasteiger partial charge in [-0.25, -0.2) is 9.50 Å². The molecule has 0 aliphatic heterocycles. The van der Waals surface area contributed by atoms with Crippen LogP contribution in [-0.2, 0) is 6.42 Å². The number of pyridine rings is 1. The Hall–Kier alpha value is -2.62. The highest BCUT2D eigenvalue weighted by Gasteiger charge is 2.25. The van der Waals surface area contributed by atoms with Crippen molar-refractivity contribution in [2.75, 3.05) is 6.61 Å². The highest BCUT2D eigenvalue weighted by molar-refractivity contribution is 5.63. The van der Waals surface area contributed by atoms with Gasteiger partial charge in [0.25, 0.3) is 0 Å². The van der Waals surface area contributed by atoms with Crippen molar-refractivity contribution in [1.82, 2.24) is 14.6 Å². The van der Waals surface area contributed by atoms with Crippen molar-refractivity contribution < 1.29 is 4.74 Å². The first kappa shape index (κ1) is 15.6. The van der Waals surface area contributed by atoms with E-state index < -0.39 is 0 Å². The number of hydrogen-bond acceptors (Lipinski definition) is 3. The summed E-state index contributed by atoms with van der Waals surface area (Å²) in [6.07, 6.45) is 5.93. The standard InChI is InChI=1S/C22H23N3O/c1-15(17-7-8-17)13-21-23-22-4-2-3-20(25(22)24-21)18-9-11-19(12-10-18)26-14-16-5-6-16/h2-4,9-12,16-17H,1,5-8,13-14H2. The lowest BCUT2D eigenvalue weighted by Crippen LogP contribution is -1.99. The summed E-state index contributed by atoms with van der Waals surface area (Å²) >= 11 is 0. The van der Waals surface area contributed by atoms with Crippen molar-refractivity contribution in [2.45, 2.75) is 32.1 Å². The Morgan fingerprint density at radius 1 is 1.08 bits per heavy atom. The lowest BCUT2D eigenvalue weighted by Gasteiger charge is -2.07. The molecule has 0 amide bonds. The van der Waals surface area contributed by atoms with Gasteiger partial charge in [-0.15, -0.1) is 0 Å². The number of ether oxygens (including phenoxy) is 1. The molecular formula is C22H23N3O. The molecule has 4 heteroatoms. The first-order valence-corrected chi connectivity index (χ1v) is 9.52. The van der Waals surface area contributed by atoms with Crippen molar-refractivity contribution in [3.05, 3.63) is 60.4 Å². The molecular weight excluding hydrogens is 322 g/mol. The fourth-order valence-corrected chi connectivity index (χ4v) is 3.30. The minimum atomic E-state index is 0.685. The molecule has 3 aromatic rings. The zero-order valence-electron chi connectivity index (χ0n) is 14.9. The predicted molar refractivity (Wildman–Crippen MR) is 102 cm³/mol. The largest absolute Gasteiger partial charge is 0.493 e. The van der Waals surface area contributed by atoms with Crippen LogP contribution in [0.2, 0.25) is 0 Å². The molecule has 2 aliphatic rings. The second kappa shape index (κ2) is 6.27. The second-order valence-corrected chi connectivity index (χ2v) is 7.60. The molecule has 26 heavy (non-hydrogen) atoms. The van der Waals surface area contributed by atoms with E-state index in [4.69, 9.17) is 9.84 Å². The van der Waals surface area contributed by atoms with Gasteiger partial charge >= 0.3 is 0 Å². The van der Waals surface area contributed by atoms with Crippen LogP contribution in [0, 0.1) is 11.8 Å². The monoisotopic (exact) mass is 345 g/mol. The Bertz CT molecular complexity index is 949. The van der Waals surface area contributed by atoms with Crippen LogP contribution in [0.1, 0.15) is 31.5 Å². The predicted octanol–water partition coefficient (Wildman–Crippen LogP) is 4.69. The second-order valence-electron chi connectivity index (χ2n) is 7.60. The molecule has 1 aromatic carbocycles. The molecule has 0 radical (unpaired) electrons. The maximum Gasteiger partial charge on any atom is 0.156 e. The van der Waals surface area contributed by atoms with Gasteiger partial charge in [0.15, 0.2) is 11.5 Å². The normalized spacial score (nSPS) is 16.8. The summed E-state index contributed by atoms with van der Waals surface area (Å²) in [7, 11) is 0. The highest BCUT2D eigenvalue weighted by atomic mass is 16.5. The number of aromatic nitrogens is 3. The highest BCUT2D eigenvalue weighted by Crippen LogP contribution is 2.36.